The molecule has 4 nitrogen and oxygen atoms in total. The standard InChI is InChI=1S/C18H13F3N4/c19-18(20,21)16-17(24-15-11-5-4-10-14(15)23-16)25-22-12-6-9-13-7-2-1-3-8-13/h1-12H,(H,24,25)/b9-6+,22-12-. The minimum absolute atomic E-state index is 0.174. The molecule has 0 unspecified atom stereocenters. The molecule has 1 heterocycles. The second kappa shape index (κ2) is 7.12. The number of alkyl halides is 3. The van der Waals surface area contributed by atoms with Crippen LogP contribution in [0, 0.1) is 0 Å². The SMILES string of the molecule is FC(F)(F)c1nc2ccccc2nc1N/N=C\C=C\c1ccccc1. The third-order valence-electron chi connectivity index (χ3n) is 3.26. The fourth-order valence-electron chi connectivity index (χ4n) is 2.14. The maximum atomic E-state index is 13.2. The fourth-order valence-corrected chi connectivity index (χ4v) is 2.14. The Balaban J connectivity index is 1.82. The summed E-state index contributed by atoms with van der Waals surface area (Å²) in [4.78, 5) is 7.62. The summed E-state index contributed by atoms with van der Waals surface area (Å²) < 4.78 is 39.5. The molecule has 3 aromatic rings. The van der Waals surface area contributed by atoms with Gasteiger partial charge in [-0.05, 0) is 23.8 Å². The summed E-state index contributed by atoms with van der Waals surface area (Å²) in [6.07, 6.45) is 0.116. The quantitative estimate of drug-likeness (QED) is 0.549. The minimum Gasteiger partial charge on any atom is -0.260 e. The van der Waals surface area contributed by atoms with Gasteiger partial charge in [-0.2, -0.15) is 18.3 Å². The number of hydrogen-bond donors (Lipinski definition) is 1. The van der Waals surface area contributed by atoms with Crippen LogP contribution in [0.5, 0.6) is 0 Å². The van der Waals surface area contributed by atoms with Gasteiger partial charge < -0.3 is 0 Å². The smallest absolute Gasteiger partial charge is 0.260 e. The lowest BCUT2D eigenvalue weighted by Gasteiger charge is -2.11. The van der Waals surface area contributed by atoms with E-state index >= 15 is 0 Å². The van der Waals surface area contributed by atoms with Crippen molar-refractivity contribution in [3.63, 3.8) is 0 Å². The Hall–Kier alpha value is -3.22. The van der Waals surface area contributed by atoms with Crippen molar-refractivity contribution < 1.29 is 13.2 Å². The first-order chi connectivity index (χ1) is 12.0. The number of nitrogens with one attached hydrogen (secondary N) is 1. The normalized spacial score (nSPS) is 12.3. The van der Waals surface area contributed by atoms with Crippen LogP contribution in [0.2, 0.25) is 0 Å². The van der Waals surface area contributed by atoms with E-state index in [-0.39, 0.29) is 5.52 Å². The number of nitrogens with zero attached hydrogens (tertiary/aromatic N) is 3. The lowest BCUT2D eigenvalue weighted by Crippen LogP contribution is -2.13. The zero-order chi connectivity index (χ0) is 17.7. The van der Waals surface area contributed by atoms with Crippen molar-refractivity contribution in [1.29, 1.82) is 0 Å². The molecule has 0 amide bonds. The van der Waals surface area contributed by atoms with Crippen molar-refractivity contribution in [2.24, 2.45) is 5.10 Å². The van der Waals surface area contributed by atoms with E-state index in [0.29, 0.717) is 5.52 Å². The Morgan fingerprint density at radius 3 is 2.20 bits per heavy atom. The molecule has 0 aliphatic carbocycles. The van der Waals surface area contributed by atoms with E-state index in [1.807, 2.05) is 30.3 Å². The van der Waals surface area contributed by atoms with Gasteiger partial charge in [-0.15, -0.1) is 0 Å². The van der Waals surface area contributed by atoms with Crippen LogP contribution < -0.4 is 5.43 Å². The highest BCUT2D eigenvalue weighted by Gasteiger charge is 2.37. The van der Waals surface area contributed by atoms with Gasteiger partial charge in [0.15, 0.2) is 11.5 Å². The molecule has 0 spiro atoms. The van der Waals surface area contributed by atoms with Gasteiger partial charge >= 0.3 is 6.18 Å². The zero-order valence-corrected chi connectivity index (χ0v) is 12.9. The fraction of sp³-hybridized carbons (Fsp3) is 0.0556. The number of hydrogen-bond acceptors (Lipinski definition) is 4. The van der Waals surface area contributed by atoms with Crippen molar-refractivity contribution in [1.82, 2.24) is 9.97 Å². The van der Waals surface area contributed by atoms with Gasteiger partial charge in [0.05, 0.1) is 11.0 Å². The van der Waals surface area contributed by atoms with Gasteiger partial charge in [-0.3, -0.25) is 5.43 Å². The molecule has 1 N–H and O–H groups in total. The first-order valence-corrected chi connectivity index (χ1v) is 7.39. The van der Waals surface area contributed by atoms with Crippen molar-refractivity contribution >= 4 is 29.1 Å². The Labute approximate surface area is 141 Å². The predicted octanol–water partition coefficient (Wildman–Crippen LogP) is 4.76. The highest BCUT2D eigenvalue weighted by Crippen LogP contribution is 2.33. The third-order valence-corrected chi connectivity index (χ3v) is 3.26. The molecule has 2 aromatic carbocycles. The molecule has 0 atom stereocenters. The van der Waals surface area contributed by atoms with Crippen LogP contribution in [-0.4, -0.2) is 16.2 Å². The molecule has 0 aliphatic heterocycles. The molecule has 1 aromatic heterocycles. The summed E-state index contributed by atoms with van der Waals surface area (Å²) in [5.74, 6) is -0.435. The molecular weight excluding hydrogens is 329 g/mol. The van der Waals surface area contributed by atoms with E-state index in [2.05, 4.69) is 20.5 Å². The Morgan fingerprint density at radius 2 is 1.52 bits per heavy atom. The molecule has 0 saturated heterocycles. The summed E-state index contributed by atoms with van der Waals surface area (Å²) >= 11 is 0. The number of benzene rings is 2. The molecular formula is C18H13F3N4. The lowest BCUT2D eigenvalue weighted by molar-refractivity contribution is -0.140. The van der Waals surface area contributed by atoms with Crippen LogP contribution in [0.25, 0.3) is 17.1 Å². The number of hydrazone groups is 1. The van der Waals surface area contributed by atoms with Crippen molar-refractivity contribution in [3.8, 4) is 0 Å². The number of aromatic nitrogens is 2. The average Bonchev–Trinajstić information content (AvgIpc) is 2.61. The van der Waals surface area contributed by atoms with E-state index in [4.69, 9.17) is 0 Å². The van der Waals surface area contributed by atoms with Gasteiger partial charge in [0.25, 0.3) is 0 Å². The molecule has 126 valence electrons. The Morgan fingerprint density at radius 1 is 0.880 bits per heavy atom. The van der Waals surface area contributed by atoms with Crippen LogP contribution in [0.1, 0.15) is 11.3 Å². The van der Waals surface area contributed by atoms with E-state index in [1.54, 1.807) is 30.4 Å². The molecule has 0 aliphatic rings. The number of para-hydroxylation sites is 2. The second-order valence-corrected chi connectivity index (χ2v) is 5.07. The van der Waals surface area contributed by atoms with Gasteiger partial charge in [-0.25, -0.2) is 9.97 Å². The first-order valence-electron chi connectivity index (χ1n) is 7.39. The second-order valence-electron chi connectivity index (χ2n) is 5.07. The van der Waals surface area contributed by atoms with E-state index in [9.17, 15) is 13.2 Å². The lowest BCUT2D eigenvalue weighted by atomic mass is 10.2. The third kappa shape index (κ3) is 4.20. The largest absolute Gasteiger partial charge is 0.437 e. The number of anilines is 1. The number of rotatable bonds is 4. The van der Waals surface area contributed by atoms with Crippen molar-refractivity contribution in [3.05, 3.63) is 71.9 Å². The van der Waals surface area contributed by atoms with Crippen LogP contribution >= 0.6 is 0 Å². The van der Waals surface area contributed by atoms with Gasteiger partial charge in [-0.1, -0.05) is 48.5 Å². The summed E-state index contributed by atoms with van der Waals surface area (Å²) in [7, 11) is 0. The van der Waals surface area contributed by atoms with Gasteiger partial charge in [0, 0.05) is 6.21 Å². The predicted molar refractivity (Wildman–Crippen MR) is 92.1 cm³/mol. The van der Waals surface area contributed by atoms with Crippen LogP contribution in [-0.2, 0) is 6.18 Å². The van der Waals surface area contributed by atoms with Crippen LogP contribution in [0.4, 0.5) is 19.0 Å². The first kappa shape index (κ1) is 16.6. The number of halogens is 3. The molecule has 25 heavy (non-hydrogen) atoms. The number of fused-ring (bicyclic) bond motifs is 1. The van der Waals surface area contributed by atoms with Crippen molar-refractivity contribution in [2.45, 2.75) is 6.18 Å². The molecule has 0 radical (unpaired) electrons. The molecule has 3 rings (SSSR count). The Bertz CT molecular complexity index is 919. The molecule has 0 fully saturated rings. The monoisotopic (exact) mass is 342 g/mol. The van der Waals surface area contributed by atoms with E-state index in [0.717, 1.165) is 5.56 Å². The maximum absolute atomic E-state index is 13.2. The zero-order valence-electron chi connectivity index (χ0n) is 12.9. The summed E-state index contributed by atoms with van der Waals surface area (Å²) in [5.41, 5.74) is 2.70. The average molecular weight is 342 g/mol. The summed E-state index contributed by atoms with van der Waals surface area (Å²) in [6, 6.07) is 15.8. The van der Waals surface area contributed by atoms with E-state index in [1.165, 1.54) is 12.3 Å². The van der Waals surface area contributed by atoms with Gasteiger partial charge in [0.1, 0.15) is 0 Å². The van der Waals surface area contributed by atoms with Crippen molar-refractivity contribution in [2.75, 3.05) is 5.43 Å². The van der Waals surface area contributed by atoms with E-state index < -0.39 is 17.7 Å². The minimum atomic E-state index is -4.63. The highest BCUT2D eigenvalue weighted by molar-refractivity contribution is 5.79. The maximum Gasteiger partial charge on any atom is 0.437 e. The molecule has 0 bridgehead atoms. The van der Waals surface area contributed by atoms with Gasteiger partial charge in [0.2, 0.25) is 0 Å². The summed E-state index contributed by atoms with van der Waals surface area (Å²) in [6.45, 7) is 0. The highest BCUT2D eigenvalue weighted by atomic mass is 19.4. The molecule has 7 heteroatoms. The number of allylic oxidation sites excluding steroid dienone is 1. The molecule has 0 saturated carbocycles. The van der Waals surface area contributed by atoms with Crippen LogP contribution in [0.15, 0.2) is 65.8 Å². The van der Waals surface area contributed by atoms with Crippen LogP contribution in [0.3, 0.4) is 0 Å². The topological polar surface area (TPSA) is 50.2 Å². The Kier molecular flexibility index (Phi) is 4.74. The summed E-state index contributed by atoms with van der Waals surface area (Å²) in [5, 5.41) is 3.77.